The van der Waals surface area contributed by atoms with E-state index in [-0.39, 0.29) is 11.9 Å². The van der Waals surface area contributed by atoms with Crippen LogP contribution in [0.25, 0.3) is 0 Å². The molecule has 0 aliphatic rings. The second-order valence-electron chi connectivity index (χ2n) is 6.92. The molecule has 0 spiro atoms. The van der Waals surface area contributed by atoms with Crippen molar-refractivity contribution < 1.29 is 4.39 Å². The van der Waals surface area contributed by atoms with Gasteiger partial charge in [-0.1, -0.05) is 12.1 Å². The van der Waals surface area contributed by atoms with Crippen LogP contribution in [-0.4, -0.2) is 43.6 Å². The van der Waals surface area contributed by atoms with Crippen molar-refractivity contribution in [3.8, 4) is 0 Å². The van der Waals surface area contributed by atoms with Gasteiger partial charge in [-0.05, 0) is 78.2 Å². The maximum Gasteiger partial charge on any atom is 0.191 e. The molecule has 25 heavy (non-hydrogen) atoms. The number of nitrogens with zero attached hydrogens (tertiary/aromatic N) is 2. The van der Waals surface area contributed by atoms with E-state index in [2.05, 4.69) is 41.4 Å². The summed E-state index contributed by atoms with van der Waals surface area (Å²) in [6.07, 6.45) is 2.19. The number of aliphatic imine (C=N–C) groups is 1. The van der Waals surface area contributed by atoms with Crippen LogP contribution in [0.2, 0.25) is 0 Å². The van der Waals surface area contributed by atoms with Gasteiger partial charge in [-0.3, -0.25) is 4.99 Å². The van der Waals surface area contributed by atoms with Gasteiger partial charge < -0.3 is 15.5 Å². The van der Waals surface area contributed by atoms with Crippen LogP contribution in [0.5, 0.6) is 0 Å². The summed E-state index contributed by atoms with van der Waals surface area (Å²) in [5.74, 6) is 0.621. The molecule has 0 heterocycles. The smallest absolute Gasteiger partial charge is 0.191 e. The Kier molecular flexibility index (Phi) is 9.50. The number of benzene rings is 1. The highest BCUT2D eigenvalue weighted by Crippen LogP contribution is 2.16. The Labute approximate surface area is 152 Å². The molecule has 0 radical (unpaired) electrons. The van der Waals surface area contributed by atoms with Crippen molar-refractivity contribution in [1.82, 2.24) is 15.5 Å². The van der Waals surface area contributed by atoms with Crippen molar-refractivity contribution in [2.24, 2.45) is 4.99 Å². The molecule has 2 N–H and O–H groups in total. The van der Waals surface area contributed by atoms with E-state index in [0.29, 0.717) is 11.6 Å². The zero-order valence-corrected chi connectivity index (χ0v) is 16.7. The summed E-state index contributed by atoms with van der Waals surface area (Å²) in [6, 6.07) is 5.95. The van der Waals surface area contributed by atoms with Crippen LogP contribution in [0.4, 0.5) is 4.39 Å². The van der Waals surface area contributed by atoms with Crippen molar-refractivity contribution in [1.29, 1.82) is 0 Å². The summed E-state index contributed by atoms with van der Waals surface area (Å²) in [4.78, 5) is 6.99. The summed E-state index contributed by atoms with van der Waals surface area (Å²) in [7, 11) is 2.15. The molecule has 0 aliphatic carbocycles. The number of hydrogen-bond donors (Lipinski definition) is 2. The predicted molar refractivity (Wildman–Crippen MR) is 106 cm³/mol. The van der Waals surface area contributed by atoms with E-state index in [1.165, 1.54) is 0 Å². The number of hydrogen-bond acceptors (Lipinski definition) is 2. The maximum atomic E-state index is 13.8. The lowest BCUT2D eigenvalue weighted by Gasteiger charge is -2.20. The second kappa shape index (κ2) is 11.1. The van der Waals surface area contributed by atoms with Crippen molar-refractivity contribution in [3.05, 3.63) is 35.1 Å². The van der Waals surface area contributed by atoms with Crippen LogP contribution < -0.4 is 10.6 Å². The van der Waals surface area contributed by atoms with E-state index in [1.54, 1.807) is 13.0 Å². The molecule has 142 valence electrons. The average Bonchev–Trinajstić information content (AvgIpc) is 2.56. The first-order valence-electron chi connectivity index (χ1n) is 9.36. The SMILES string of the molecule is CCNC(=NCCCCN(C)C(C)C)NC(C)c1ccc(C)c(F)c1. The van der Waals surface area contributed by atoms with Crippen molar-refractivity contribution >= 4 is 5.96 Å². The lowest BCUT2D eigenvalue weighted by Crippen LogP contribution is -2.38. The highest BCUT2D eigenvalue weighted by molar-refractivity contribution is 5.80. The molecule has 0 saturated carbocycles. The number of rotatable bonds is 9. The zero-order valence-electron chi connectivity index (χ0n) is 16.7. The highest BCUT2D eigenvalue weighted by atomic mass is 19.1. The molecule has 0 aromatic heterocycles. The molecular formula is C20H35FN4. The van der Waals surface area contributed by atoms with Crippen LogP contribution in [0, 0.1) is 12.7 Å². The zero-order chi connectivity index (χ0) is 18.8. The highest BCUT2D eigenvalue weighted by Gasteiger charge is 2.09. The normalized spacial score (nSPS) is 13.4. The minimum atomic E-state index is -0.164. The Balaban J connectivity index is 2.53. The molecule has 0 bridgehead atoms. The molecule has 0 fully saturated rings. The first kappa shape index (κ1) is 21.4. The quantitative estimate of drug-likeness (QED) is 0.403. The van der Waals surface area contributed by atoms with E-state index >= 15 is 0 Å². The van der Waals surface area contributed by atoms with Gasteiger partial charge in [0.25, 0.3) is 0 Å². The van der Waals surface area contributed by atoms with Gasteiger partial charge >= 0.3 is 0 Å². The monoisotopic (exact) mass is 350 g/mol. The first-order valence-corrected chi connectivity index (χ1v) is 9.36. The predicted octanol–water partition coefficient (Wildman–Crippen LogP) is 3.87. The summed E-state index contributed by atoms with van der Waals surface area (Å²) < 4.78 is 13.8. The topological polar surface area (TPSA) is 39.7 Å². The number of nitrogens with one attached hydrogen (secondary N) is 2. The standard InChI is InChI=1S/C20H35FN4/c1-7-22-20(23-12-8-9-13-25(6)15(2)3)24-17(5)18-11-10-16(4)19(21)14-18/h10-11,14-15,17H,7-9,12-13H2,1-6H3,(H2,22,23,24). The fourth-order valence-electron chi connectivity index (χ4n) is 2.41. The fourth-order valence-corrected chi connectivity index (χ4v) is 2.41. The van der Waals surface area contributed by atoms with Gasteiger partial charge in [-0.15, -0.1) is 0 Å². The largest absolute Gasteiger partial charge is 0.357 e. The minimum absolute atomic E-state index is 0.0000238. The number of aryl methyl sites for hydroxylation is 1. The molecule has 1 unspecified atom stereocenters. The van der Waals surface area contributed by atoms with Gasteiger partial charge in [0.2, 0.25) is 0 Å². The summed E-state index contributed by atoms with van der Waals surface area (Å²) in [6.45, 7) is 12.9. The van der Waals surface area contributed by atoms with Gasteiger partial charge in [0.15, 0.2) is 5.96 Å². The van der Waals surface area contributed by atoms with Gasteiger partial charge in [0.1, 0.15) is 5.82 Å². The Morgan fingerprint density at radius 2 is 1.96 bits per heavy atom. The molecule has 0 aliphatic heterocycles. The molecule has 1 rings (SSSR count). The van der Waals surface area contributed by atoms with Gasteiger partial charge in [-0.25, -0.2) is 4.39 Å². The minimum Gasteiger partial charge on any atom is -0.357 e. The van der Waals surface area contributed by atoms with E-state index in [0.717, 1.165) is 44.0 Å². The van der Waals surface area contributed by atoms with Crippen LogP contribution in [0.15, 0.2) is 23.2 Å². The molecule has 1 aromatic carbocycles. The lowest BCUT2D eigenvalue weighted by atomic mass is 10.1. The van der Waals surface area contributed by atoms with Crippen molar-refractivity contribution in [2.45, 2.75) is 59.5 Å². The Hall–Kier alpha value is -1.62. The summed E-state index contributed by atoms with van der Waals surface area (Å²) >= 11 is 0. The van der Waals surface area contributed by atoms with Crippen LogP contribution in [-0.2, 0) is 0 Å². The number of unbranched alkanes of at least 4 members (excludes halogenated alkanes) is 1. The number of guanidine groups is 1. The molecule has 0 amide bonds. The summed E-state index contributed by atoms with van der Waals surface area (Å²) in [5, 5.41) is 6.62. The lowest BCUT2D eigenvalue weighted by molar-refractivity contribution is 0.269. The molecule has 5 heteroatoms. The van der Waals surface area contributed by atoms with Gasteiger partial charge in [-0.2, -0.15) is 0 Å². The van der Waals surface area contributed by atoms with Crippen LogP contribution in [0.3, 0.4) is 0 Å². The fraction of sp³-hybridized carbons (Fsp3) is 0.650. The van der Waals surface area contributed by atoms with Crippen molar-refractivity contribution in [2.75, 3.05) is 26.7 Å². The van der Waals surface area contributed by atoms with E-state index in [9.17, 15) is 4.39 Å². The first-order chi connectivity index (χ1) is 11.8. The van der Waals surface area contributed by atoms with E-state index in [4.69, 9.17) is 0 Å². The molecular weight excluding hydrogens is 315 g/mol. The maximum absolute atomic E-state index is 13.8. The van der Waals surface area contributed by atoms with E-state index in [1.807, 2.05) is 26.0 Å². The van der Waals surface area contributed by atoms with Crippen molar-refractivity contribution in [3.63, 3.8) is 0 Å². The second-order valence-corrected chi connectivity index (χ2v) is 6.92. The average molecular weight is 351 g/mol. The molecule has 4 nitrogen and oxygen atoms in total. The molecule has 1 aromatic rings. The molecule has 0 saturated heterocycles. The molecule has 1 atom stereocenters. The third kappa shape index (κ3) is 7.86. The third-order valence-electron chi connectivity index (χ3n) is 4.46. The Morgan fingerprint density at radius 1 is 1.24 bits per heavy atom. The Morgan fingerprint density at radius 3 is 2.56 bits per heavy atom. The van der Waals surface area contributed by atoms with Gasteiger partial charge in [0, 0.05) is 19.1 Å². The number of halogens is 1. The van der Waals surface area contributed by atoms with Crippen LogP contribution >= 0.6 is 0 Å². The van der Waals surface area contributed by atoms with Crippen LogP contribution in [0.1, 0.15) is 57.7 Å². The van der Waals surface area contributed by atoms with Gasteiger partial charge in [0.05, 0.1) is 6.04 Å². The third-order valence-corrected chi connectivity index (χ3v) is 4.46. The van der Waals surface area contributed by atoms with E-state index < -0.39 is 0 Å². The summed E-state index contributed by atoms with van der Waals surface area (Å²) in [5.41, 5.74) is 1.59. The Bertz CT molecular complexity index is 542.